The Morgan fingerprint density at radius 2 is 1.70 bits per heavy atom. The van der Waals surface area contributed by atoms with E-state index in [1.54, 1.807) is 19.3 Å². The van der Waals surface area contributed by atoms with Crippen LogP contribution in [-0.4, -0.2) is 5.66 Å². The summed E-state index contributed by atoms with van der Waals surface area (Å²) in [5.74, 6) is 2.29. The monoisotopic (exact) mass is 153 g/mol. The van der Waals surface area contributed by atoms with E-state index in [-0.39, 0.29) is 0 Å². The zero-order chi connectivity index (χ0) is 6.55. The maximum atomic E-state index is 1.96. The molecule has 1 heteroatoms. The van der Waals surface area contributed by atoms with Gasteiger partial charge in [-0.1, -0.05) is 0 Å². The Kier molecular flexibility index (Phi) is 1.18. The summed E-state index contributed by atoms with van der Waals surface area (Å²) in [6.45, 7) is 0. The first-order chi connectivity index (χ1) is 4.90. The van der Waals surface area contributed by atoms with Gasteiger partial charge in [-0.3, -0.25) is 0 Å². The summed E-state index contributed by atoms with van der Waals surface area (Å²) >= 11 is 0. The molecular formula is C9H14P. The molecule has 0 aromatic carbocycles. The molecule has 4 fully saturated rings. The molecule has 3 unspecified atom stereocenters. The quantitative estimate of drug-likeness (QED) is 0.469. The Morgan fingerprint density at radius 1 is 1.00 bits per heavy atom. The van der Waals surface area contributed by atoms with E-state index in [0.717, 1.165) is 11.8 Å². The maximum absolute atomic E-state index is 1.96. The van der Waals surface area contributed by atoms with Crippen molar-refractivity contribution in [2.45, 2.75) is 37.8 Å². The molecule has 0 aromatic heterocycles. The van der Waals surface area contributed by atoms with Crippen molar-refractivity contribution in [2.24, 2.45) is 11.8 Å². The normalized spacial score (nSPS) is 54.6. The molecule has 0 spiro atoms. The topological polar surface area (TPSA) is 0 Å². The van der Waals surface area contributed by atoms with Crippen LogP contribution in [0.1, 0.15) is 32.1 Å². The highest BCUT2D eigenvalue weighted by atomic mass is 31.1. The lowest BCUT2D eigenvalue weighted by atomic mass is 9.71. The average Bonchev–Trinajstić information content (AvgIpc) is 1.82. The molecule has 55 valence electrons. The smallest absolute Gasteiger partial charge is 0.00207 e. The van der Waals surface area contributed by atoms with Crippen molar-refractivity contribution in [3.05, 3.63) is 5.66 Å². The van der Waals surface area contributed by atoms with Gasteiger partial charge in [0.05, 0.1) is 0 Å². The van der Waals surface area contributed by atoms with Crippen LogP contribution >= 0.6 is 8.58 Å². The van der Waals surface area contributed by atoms with Crippen LogP contribution < -0.4 is 0 Å². The van der Waals surface area contributed by atoms with Gasteiger partial charge in [0.25, 0.3) is 0 Å². The second-order valence-corrected chi connectivity index (χ2v) is 6.10. The second kappa shape index (κ2) is 1.97. The lowest BCUT2D eigenvalue weighted by Gasteiger charge is -2.49. The molecule has 0 nitrogen and oxygen atoms in total. The number of hydrogen-bond acceptors (Lipinski definition) is 0. The summed E-state index contributed by atoms with van der Waals surface area (Å²) in [7, 11) is 1.29. The highest BCUT2D eigenvalue weighted by Gasteiger charge is 2.42. The highest BCUT2D eigenvalue weighted by Crippen LogP contribution is 2.61. The molecule has 2 saturated carbocycles. The van der Waals surface area contributed by atoms with Crippen molar-refractivity contribution in [3.63, 3.8) is 0 Å². The SMILES string of the molecule is C1[C]2CC3CC1CC(C3)P2. The summed E-state index contributed by atoms with van der Waals surface area (Å²) in [4.78, 5) is 0. The molecule has 0 amide bonds. The van der Waals surface area contributed by atoms with Gasteiger partial charge in [0.2, 0.25) is 0 Å². The zero-order valence-electron chi connectivity index (χ0n) is 6.27. The fourth-order valence-electron chi connectivity index (χ4n) is 3.20. The standard InChI is InChI=1S/C9H14P/c1-6-2-8-4-7(1)5-9(3-6)10-8/h6-8,10H,1-5H2. The Hall–Kier alpha value is 0.430. The van der Waals surface area contributed by atoms with Gasteiger partial charge in [0, 0.05) is 0 Å². The van der Waals surface area contributed by atoms with Crippen LogP contribution in [0.15, 0.2) is 0 Å². The van der Waals surface area contributed by atoms with E-state index in [4.69, 9.17) is 0 Å². The van der Waals surface area contributed by atoms with Crippen molar-refractivity contribution >= 4 is 8.58 Å². The average molecular weight is 153 g/mol. The van der Waals surface area contributed by atoms with Gasteiger partial charge in [0.1, 0.15) is 0 Å². The number of hydrogen-bond donors (Lipinski definition) is 0. The predicted octanol–water partition coefficient (Wildman–Crippen LogP) is 2.79. The molecule has 4 aliphatic rings. The van der Waals surface area contributed by atoms with Gasteiger partial charge >= 0.3 is 0 Å². The third-order valence-corrected chi connectivity index (χ3v) is 5.08. The minimum Gasteiger partial charge on any atom is -0.112 e. The van der Waals surface area contributed by atoms with Crippen molar-refractivity contribution in [1.82, 2.24) is 0 Å². The van der Waals surface area contributed by atoms with Crippen LogP contribution in [0.3, 0.4) is 0 Å². The van der Waals surface area contributed by atoms with Crippen molar-refractivity contribution in [2.75, 3.05) is 0 Å². The number of rotatable bonds is 0. The van der Waals surface area contributed by atoms with Crippen LogP contribution in [0, 0.1) is 17.5 Å². The molecule has 1 radical (unpaired) electrons. The van der Waals surface area contributed by atoms with E-state index in [2.05, 4.69) is 0 Å². The largest absolute Gasteiger partial charge is 0.112 e. The van der Waals surface area contributed by atoms with E-state index in [9.17, 15) is 0 Å². The minimum absolute atomic E-state index is 1.15. The van der Waals surface area contributed by atoms with E-state index >= 15 is 0 Å². The third kappa shape index (κ3) is 0.780. The zero-order valence-corrected chi connectivity index (χ0v) is 7.27. The van der Waals surface area contributed by atoms with Gasteiger partial charge in [-0.15, -0.1) is 8.58 Å². The summed E-state index contributed by atoms with van der Waals surface area (Å²) in [5.41, 5.74) is 3.13. The van der Waals surface area contributed by atoms with E-state index in [1.807, 2.05) is 5.66 Å². The summed E-state index contributed by atoms with van der Waals surface area (Å²) in [6.07, 6.45) is 7.85. The first-order valence-electron chi connectivity index (χ1n) is 4.51. The molecule has 0 N–H and O–H groups in total. The van der Waals surface area contributed by atoms with Gasteiger partial charge in [-0.2, -0.15) is 0 Å². The lowest BCUT2D eigenvalue weighted by molar-refractivity contribution is 0.209. The fourth-order valence-corrected chi connectivity index (χ4v) is 5.50. The molecule has 10 heavy (non-hydrogen) atoms. The molecule has 2 saturated heterocycles. The van der Waals surface area contributed by atoms with Gasteiger partial charge < -0.3 is 0 Å². The van der Waals surface area contributed by atoms with Crippen LogP contribution in [0.5, 0.6) is 0 Å². The maximum Gasteiger partial charge on any atom is -0.00207 e. The van der Waals surface area contributed by atoms with Crippen LogP contribution in [0.4, 0.5) is 0 Å². The Bertz CT molecular complexity index is 96.3. The summed E-state index contributed by atoms with van der Waals surface area (Å²) in [5, 5.41) is 0. The first-order valence-corrected chi connectivity index (χ1v) is 5.59. The highest BCUT2D eigenvalue weighted by molar-refractivity contribution is 7.42. The van der Waals surface area contributed by atoms with Gasteiger partial charge in [-0.25, -0.2) is 0 Å². The minimum atomic E-state index is 1.15. The molecule has 2 aliphatic heterocycles. The molecule has 2 heterocycles. The molecular weight excluding hydrogens is 139 g/mol. The summed E-state index contributed by atoms with van der Waals surface area (Å²) < 4.78 is 0. The van der Waals surface area contributed by atoms with E-state index in [1.165, 1.54) is 27.1 Å². The molecule has 4 rings (SSSR count). The third-order valence-electron chi connectivity index (χ3n) is 3.38. The Labute approximate surface area is 64.6 Å². The van der Waals surface area contributed by atoms with E-state index < -0.39 is 0 Å². The summed E-state index contributed by atoms with van der Waals surface area (Å²) in [6, 6.07) is 0. The van der Waals surface area contributed by atoms with Gasteiger partial charge in [0.15, 0.2) is 0 Å². The molecule has 2 aliphatic carbocycles. The molecule has 0 aromatic rings. The lowest BCUT2D eigenvalue weighted by Crippen LogP contribution is -2.35. The first kappa shape index (κ1) is 6.00. The second-order valence-electron chi connectivity index (χ2n) is 4.29. The van der Waals surface area contributed by atoms with Crippen LogP contribution in [0.2, 0.25) is 0 Å². The predicted molar refractivity (Wildman–Crippen MR) is 45.4 cm³/mol. The Balaban J connectivity index is 1.90. The molecule has 4 bridgehead atoms. The van der Waals surface area contributed by atoms with Crippen molar-refractivity contribution < 1.29 is 0 Å². The molecule has 3 atom stereocenters. The van der Waals surface area contributed by atoms with Crippen LogP contribution in [-0.2, 0) is 0 Å². The van der Waals surface area contributed by atoms with Crippen LogP contribution in [0.25, 0.3) is 0 Å². The van der Waals surface area contributed by atoms with Crippen molar-refractivity contribution in [3.8, 4) is 0 Å². The van der Waals surface area contributed by atoms with E-state index in [0.29, 0.717) is 0 Å². The van der Waals surface area contributed by atoms with Crippen molar-refractivity contribution in [1.29, 1.82) is 0 Å². The van der Waals surface area contributed by atoms with Gasteiger partial charge in [-0.05, 0) is 55.3 Å². The fraction of sp³-hybridized carbons (Fsp3) is 0.889. The Morgan fingerprint density at radius 3 is 2.20 bits per heavy atom.